The summed E-state index contributed by atoms with van der Waals surface area (Å²) in [6, 6.07) is 9.19. The molecule has 0 aliphatic heterocycles. The topological polar surface area (TPSA) is 37.3 Å². The largest absolute Gasteiger partial charge is 0.388 e. The van der Waals surface area contributed by atoms with Crippen molar-refractivity contribution in [2.24, 2.45) is 0 Å². The number of halogens is 1. The van der Waals surface area contributed by atoms with Crippen LogP contribution in [0.4, 0.5) is 0 Å². The standard InChI is InChI=1S/C11H11IO2/c12-7-6-10(13)8-11(14)9-4-2-1-3-5-9/h1-7,11,14H,8H2/b7-6+. The van der Waals surface area contributed by atoms with Gasteiger partial charge in [-0.2, -0.15) is 0 Å². The van der Waals surface area contributed by atoms with Crippen molar-refractivity contribution in [3.8, 4) is 0 Å². The van der Waals surface area contributed by atoms with Crippen molar-refractivity contribution in [1.29, 1.82) is 0 Å². The normalized spacial score (nSPS) is 13.0. The summed E-state index contributed by atoms with van der Waals surface area (Å²) in [4.78, 5) is 11.2. The number of carbonyl (C=O) groups is 1. The van der Waals surface area contributed by atoms with Gasteiger partial charge in [-0.3, -0.25) is 4.79 Å². The predicted molar refractivity (Wildman–Crippen MR) is 64.2 cm³/mol. The van der Waals surface area contributed by atoms with Crippen LogP contribution in [-0.4, -0.2) is 10.9 Å². The maximum atomic E-state index is 11.2. The van der Waals surface area contributed by atoms with Crippen LogP contribution in [0.5, 0.6) is 0 Å². The Kier molecular flexibility index (Phi) is 4.82. The molecule has 0 spiro atoms. The molecule has 2 nitrogen and oxygen atoms in total. The van der Waals surface area contributed by atoms with E-state index in [9.17, 15) is 9.90 Å². The van der Waals surface area contributed by atoms with E-state index >= 15 is 0 Å². The first-order valence-corrected chi connectivity index (χ1v) is 5.51. The number of benzene rings is 1. The van der Waals surface area contributed by atoms with Crippen molar-refractivity contribution in [3.63, 3.8) is 0 Å². The minimum absolute atomic E-state index is 0.0595. The van der Waals surface area contributed by atoms with E-state index in [1.165, 1.54) is 6.08 Å². The lowest BCUT2D eigenvalue weighted by molar-refractivity contribution is -0.116. The zero-order chi connectivity index (χ0) is 10.4. The monoisotopic (exact) mass is 302 g/mol. The molecule has 0 saturated carbocycles. The summed E-state index contributed by atoms with van der Waals surface area (Å²) in [6.07, 6.45) is 0.910. The number of aliphatic hydroxyl groups excluding tert-OH is 1. The average molecular weight is 302 g/mol. The minimum Gasteiger partial charge on any atom is -0.388 e. The van der Waals surface area contributed by atoms with Gasteiger partial charge in [0.05, 0.1) is 6.10 Å². The van der Waals surface area contributed by atoms with Crippen molar-refractivity contribution in [2.45, 2.75) is 12.5 Å². The molecule has 0 saturated heterocycles. The first kappa shape index (κ1) is 11.4. The highest BCUT2D eigenvalue weighted by atomic mass is 127. The van der Waals surface area contributed by atoms with Crippen LogP contribution in [0.1, 0.15) is 18.1 Å². The maximum absolute atomic E-state index is 11.2. The molecule has 1 atom stereocenters. The summed E-state index contributed by atoms with van der Waals surface area (Å²) < 4.78 is 1.65. The van der Waals surface area contributed by atoms with Gasteiger partial charge in [0.1, 0.15) is 0 Å². The Bertz CT molecular complexity index is 319. The third kappa shape index (κ3) is 3.59. The van der Waals surface area contributed by atoms with Crippen LogP contribution >= 0.6 is 22.6 Å². The number of ketones is 1. The van der Waals surface area contributed by atoms with Gasteiger partial charge in [0, 0.05) is 6.42 Å². The van der Waals surface area contributed by atoms with Crippen LogP contribution in [0.2, 0.25) is 0 Å². The Hall–Kier alpha value is -0.680. The van der Waals surface area contributed by atoms with Crippen LogP contribution in [0, 0.1) is 0 Å². The van der Waals surface area contributed by atoms with Gasteiger partial charge in [-0.05, 0) is 15.7 Å². The van der Waals surface area contributed by atoms with Crippen LogP contribution in [0.15, 0.2) is 40.5 Å². The molecular formula is C11H11IO2. The highest BCUT2D eigenvalue weighted by Crippen LogP contribution is 2.16. The molecule has 0 aliphatic carbocycles. The first-order chi connectivity index (χ1) is 6.74. The van der Waals surface area contributed by atoms with Crippen molar-refractivity contribution >= 4 is 28.4 Å². The Morgan fingerprint density at radius 1 is 1.43 bits per heavy atom. The molecule has 1 rings (SSSR count). The van der Waals surface area contributed by atoms with E-state index in [2.05, 4.69) is 0 Å². The molecule has 14 heavy (non-hydrogen) atoms. The van der Waals surface area contributed by atoms with E-state index in [1.807, 2.05) is 52.9 Å². The first-order valence-electron chi connectivity index (χ1n) is 4.26. The lowest BCUT2D eigenvalue weighted by Crippen LogP contribution is -2.03. The summed E-state index contributed by atoms with van der Waals surface area (Å²) in [5.74, 6) is -0.0595. The smallest absolute Gasteiger partial charge is 0.159 e. The molecule has 3 heteroatoms. The summed E-state index contributed by atoms with van der Waals surface area (Å²) in [7, 11) is 0. The summed E-state index contributed by atoms with van der Waals surface area (Å²) in [6.45, 7) is 0. The molecule has 1 aromatic rings. The molecule has 0 amide bonds. The highest BCUT2D eigenvalue weighted by molar-refractivity contribution is 14.1. The lowest BCUT2D eigenvalue weighted by atomic mass is 10.0. The Morgan fingerprint density at radius 2 is 2.07 bits per heavy atom. The second-order valence-electron chi connectivity index (χ2n) is 2.89. The van der Waals surface area contributed by atoms with Crippen LogP contribution in [0.25, 0.3) is 0 Å². The molecule has 0 heterocycles. The minimum atomic E-state index is -0.698. The van der Waals surface area contributed by atoms with Crippen molar-refractivity contribution < 1.29 is 9.90 Å². The van der Waals surface area contributed by atoms with E-state index in [1.54, 1.807) is 4.08 Å². The van der Waals surface area contributed by atoms with Crippen LogP contribution in [0.3, 0.4) is 0 Å². The molecule has 0 fully saturated rings. The van der Waals surface area contributed by atoms with Crippen LogP contribution < -0.4 is 0 Å². The molecule has 74 valence electrons. The summed E-state index contributed by atoms with van der Waals surface area (Å²) in [5.41, 5.74) is 0.780. The van der Waals surface area contributed by atoms with Crippen molar-refractivity contribution in [2.75, 3.05) is 0 Å². The number of allylic oxidation sites excluding steroid dienone is 1. The maximum Gasteiger partial charge on any atom is 0.159 e. The van der Waals surface area contributed by atoms with E-state index in [-0.39, 0.29) is 12.2 Å². The molecule has 0 radical (unpaired) electrons. The lowest BCUT2D eigenvalue weighted by Gasteiger charge is -2.07. The Labute approximate surface area is 96.8 Å². The van der Waals surface area contributed by atoms with Crippen molar-refractivity contribution in [3.05, 3.63) is 46.1 Å². The highest BCUT2D eigenvalue weighted by Gasteiger charge is 2.09. The number of hydrogen-bond donors (Lipinski definition) is 1. The molecule has 0 aromatic heterocycles. The Morgan fingerprint density at radius 3 is 2.64 bits per heavy atom. The third-order valence-electron chi connectivity index (χ3n) is 1.83. The van der Waals surface area contributed by atoms with E-state index in [0.29, 0.717) is 0 Å². The van der Waals surface area contributed by atoms with Gasteiger partial charge in [0.2, 0.25) is 0 Å². The molecular weight excluding hydrogens is 291 g/mol. The number of rotatable bonds is 4. The van der Waals surface area contributed by atoms with Gasteiger partial charge in [-0.15, -0.1) is 0 Å². The van der Waals surface area contributed by atoms with Gasteiger partial charge in [0.15, 0.2) is 5.78 Å². The molecule has 1 aromatic carbocycles. The number of aliphatic hydroxyl groups is 1. The zero-order valence-electron chi connectivity index (χ0n) is 7.56. The van der Waals surface area contributed by atoms with Gasteiger partial charge in [-0.25, -0.2) is 0 Å². The quantitative estimate of drug-likeness (QED) is 0.686. The fraction of sp³-hybridized carbons (Fsp3) is 0.182. The molecule has 0 aliphatic rings. The summed E-state index contributed by atoms with van der Waals surface area (Å²) >= 11 is 1.98. The average Bonchev–Trinajstić information content (AvgIpc) is 2.19. The SMILES string of the molecule is O=C(/C=C/I)CC(O)c1ccccc1. The fourth-order valence-corrected chi connectivity index (χ4v) is 1.52. The van der Waals surface area contributed by atoms with Gasteiger partial charge < -0.3 is 5.11 Å². The molecule has 0 bridgehead atoms. The van der Waals surface area contributed by atoms with Gasteiger partial charge in [0.25, 0.3) is 0 Å². The third-order valence-corrected chi connectivity index (χ3v) is 2.19. The number of hydrogen-bond acceptors (Lipinski definition) is 2. The van der Waals surface area contributed by atoms with Gasteiger partial charge in [-0.1, -0.05) is 52.9 Å². The van der Waals surface area contributed by atoms with E-state index in [4.69, 9.17) is 0 Å². The van der Waals surface area contributed by atoms with Crippen molar-refractivity contribution in [1.82, 2.24) is 0 Å². The molecule has 1 N–H and O–H groups in total. The second kappa shape index (κ2) is 5.93. The predicted octanol–water partition coefficient (Wildman–Crippen LogP) is 2.63. The van der Waals surface area contributed by atoms with E-state index < -0.39 is 6.10 Å². The fourth-order valence-electron chi connectivity index (χ4n) is 1.12. The zero-order valence-corrected chi connectivity index (χ0v) is 9.72. The van der Waals surface area contributed by atoms with Crippen LogP contribution in [-0.2, 0) is 4.79 Å². The molecule has 1 unspecified atom stereocenters. The second-order valence-corrected chi connectivity index (χ2v) is 3.61. The Balaban J connectivity index is 2.59. The van der Waals surface area contributed by atoms with E-state index in [0.717, 1.165) is 5.56 Å². The summed E-state index contributed by atoms with van der Waals surface area (Å²) in [5, 5.41) is 9.66. The van der Waals surface area contributed by atoms with Gasteiger partial charge >= 0.3 is 0 Å². The number of carbonyl (C=O) groups excluding carboxylic acids is 1.